The van der Waals surface area contributed by atoms with E-state index in [1.54, 1.807) is 30.3 Å². The van der Waals surface area contributed by atoms with Crippen LogP contribution >= 0.6 is 30.1 Å². The summed E-state index contributed by atoms with van der Waals surface area (Å²) in [7, 11) is 4.28. The molecular weight excluding hydrogens is 298 g/mol. The predicted molar refractivity (Wildman–Crippen MR) is 85.0 cm³/mol. The Bertz CT molecular complexity index is 668. The molecule has 0 radical (unpaired) electrons. The SMILES string of the molecule is O=C(P)c1ccccc1-c1ccc(Cl)cc1C(=O)P. The summed E-state index contributed by atoms with van der Waals surface area (Å²) < 4.78 is 0. The molecule has 2 rings (SSSR count). The molecule has 0 N–H and O–H groups in total. The van der Waals surface area contributed by atoms with Crippen LogP contribution in [0.1, 0.15) is 20.7 Å². The molecule has 0 bridgehead atoms. The van der Waals surface area contributed by atoms with Gasteiger partial charge < -0.3 is 0 Å². The second-order valence-corrected chi connectivity index (χ2v) is 5.45. The summed E-state index contributed by atoms with van der Waals surface area (Å²) >= 11 is 5.92. The molecule has 0 aliphatic carbocycles. The minimum absolute atomic E-state index is 0.118. The summed E-state index contributed by atoms with van der Waals surface area (Å²) in [4.78, 5) is 23.3. The van der Waals surface area contributed by atoms with E-state index >= 15 is 0 Å². The standard InChI is InChI=1S/C14H11ClO2P2/c15-8-5-6-10(12(7-8)14(17)19)9-3-1-2-4-11(9)13(16)18/h1-7H,18-19H2. The van der Waals surface area contributed by atoms with Gasteiger partial charge >= 0.3 is 0 Å². The topological polar surface area (TPSA) is 34.1 Å². The van der Waals surface area contributed by atoms with Crippen LogP contribution in [0.4, 0.5) is 0 Å². The predicted octanol–water partition coefficient (Wildman–Crippen LogP) is 4.04. The maximum atomic E-state index is 11.7. The molecule has 0 saturated heterocycles. The van der Waals surface area contributed by atoms with Crippen LogP contribution in [-0.4, -0.2) is 11.0 Å². The summed E-state index contributed by atoms with van der Waals surface area (Å²) in [5.41, 5.74) is 2.19. The molecule has 0 saturated carbocycles. The monoisotopic (exact) mass is 308 g/mol. The third-order valence-electron chi connectivity index (χ3n) is 2.73. The molecule has 2 aromatic rings. The third-order valence-corrected chi connectivity index (χ3v) is 3.59. The van der Waals surface area contributed by atoms with Gasteiger partial charge in [0.15, 0.2) is 11.0 Å². The second kappa shape index (κ2) is 5.92. The summed E-state index contributed by atoms with van der Waals surface area (Å²) in [5.74, 6) is 0. The molecule has 2 unspecified atom stereocenters. The van der Waals surface area contributed by atoms with Gasteiger partial charge in [-0.05, 0) is 23.3 Å². The van der Waals surface area contributed by atoms with E-state index < -0.39 is 0 Å². The normalized spacial score (nSPS) is 10.3. The first-order chi connectivity index (χ1) is 9.00. The lowest BCUT2D eigenvalue weighted by atomic mass is 9.96. The molecule has 0 aliphatic heterocycles. The number of carbonyl (C=O) groups excluding carboxylic acids is 2. The molecule has 0 heterocycles. The van der Waals surface area contributed by atoms with Crippen LogP contribution in [0.5, 0.6) is 0 Å². The van der Waals surface area contributed by atoms with Crippen molar-refractivity contribution in [1.82, 2.24) is 0 Å². The number of hydrogen-bond acceptors (Lipinski definition) is 2. The highest BCUT2D eigenvalue weighted by Crippen LogP contribution is 2.31. The first-order valence-corrected chi connectivity index (χ1v) is 7.02. The molecule has 0 fully saturated rings. The zero-order valence-electron chi connectivity index (χ0n) is 9.89. The minimum Gasteiger partial charge on any atom is -0.290 e. The molecule has 0 aliphatic rings. The maximum Gasteiger partial charge on any atom is 0.178 e. The van der Waals surface area contributed by atoms with Gasteiger partial charge in [-0.2, -0.15) is 0 Å². The third kappa shape index (κ3) is 3.09. The molecule has 0 amide bonds. The molecule has 2 atom stereocenters. The molecular formula is C14H11ClO2P2. The van der Waals surface area contributed by atoms with Crippen molar-refractivity contribution in [2.45, 2.75) is 0 Å². The maximum absolute atomic E-state index is 11.7. The molecule has 5 heteroatoms. The quantitative estimate of drug-likeness (QED) is 0.802. The summed E-state index contributed by atoms with van der Waals surface area (Å²) in [5, 5.41) is 0.490. The number of carbonyl (C=O) groups is 2. The second-order valence-electron chi connectivity index (χ2n) is 3.96. The van der Waals surface area contributed by atoms with Gasteiger partial charge in [-0.25, -0.2) is 0 Å². The van der Waals surface area contributed by atoms with Crippen LogP contribution in [0.2, 0.25) is 5.02 Å². The van der Waals surface area contributed by atoms with Crippen LogP contribution < -0.4 is 0 Å². The number of rotatable bonds is 3. The van der Waals surface area contributed by atoms with E-state index in [-0.39, 0.29) is 11.0 Å². The Hall–Kier alpha value is -1.07. The fourth-order valence-corrected chi connectivity index (χ4v) is 2.55. The van der Waals surface area contributed by atoms with Crippen LogP contribution in [0, 0.1) is 0 Å². The van der Waals surface area contributed by atoms with Crippen LogP contribution in [0.15, 0.2) is 42.5 Å². The summed E-state index contributed by atoms with van der Waals surface area (Å²) in [6.45, 7) is 0. The van der Waals surface area contributed by atoms with Gasteiger partial charge in [0.05, 0.1) is 0 Å². The summed E-state index contributed by atoms with van der Waals surface area (Å²) in [6, 6.07) is 12.2. The van der Waals surface area contributed by atoms with Crippen molar-refractivity contribution in [1.29, 1.82) is 0 Å². The van der Waals surface area contributed by atoms with Crippen LogP contribution in [0.3, 0.4) is 0 Å². The van der Waals surface area contributed by atoms with Gasteiger partial charge in [-0.3, -0.25) is 9.59 Å². The van der Waals surface area contributed by atoms with Gasteiger partial charge in [0, 0.05) is 16.1 Å². The first kappa shape index (κ1) is 14.3. The van der Waals surface area contributed by atoms with E-state index in [2.05, 4.69) is 18.5 Å². The summed E-state index contributed by atoms with van der Waals surface area (Å²) in [6.07, 6.45) is 0. The average Bonchev–Trinajstić information content (AvgIpc) is 2.38. The highest BCUT2D eigenvalue weighted by molar-refractivity contribution is 7.41. The van der Waals surface area contributed by atoms with Crippen molar-refractivity contribution < 1.29 is 9.59 Å². The fourth-order valence-electron chi connectivity index (χ4n) is 1.89. The van der Waals surface area contributed by atoms with Crippen LogP contribution in [0.25, 0.3) is 11.1 Å². The highest BCUT2D eigenvalue weighted by atomic mass is 35.5. The van der Waals surface area contributed by atoms with E-state index in [9.17, 15) is 9.59 Å². The van der Waals surface area contributed by atoms with E-state index in [0.717, 1.165) is 5.56 Å². The average molecular weight is 309 g/mol. The van der Waals surface area contributed by atoms with Gasteiger partial charge in [-0.1, -0.05) is 60.4 Å². The van der Waals surface area contributed by atoms with Crippen molar-refractivity contribution in [3.8, 4) is 11.1 Å². The van der Waals surface area contributed by atoms with Gasteiger partial charge in [0.1, 0.15) is 0 Å². The van der Waals surface area contributed by atoms with Crippen molar-refractivity contribution in [2.75, 3.05) is 0 Å². The van der Waals surface area contributed by atoms with E-state index in [0.29, 0.717) is 21.7 Å². The van der Waals surface area contributed by atoms with Crippen molar-refractivity contribution in [3.63, 3.8) is 0 Å². The molecule has 0 spiro atoms. The Labute approximate surface area is 121 Å². The van der Waals surface area contributed by atoms with Crippen molar-refractivity contribution in [2.24, 2.45) is 0 Å². The fraction of sp³-hybridized carbons (Fsp3) is 0. The Morgan fingerprint density at radius 1 is 0.842 bits per heavy atom. The van der Waals surface area contributed by atoms with Gasteiger partial charge in [0.2, 0.25) is 0 Å². The molecule has 96 valence electrons. The van der Waals surface area contributed by atoms with E-state index in [1.165, 1.54) is 0 Å². The number of benzene rings is 2. The molecule has 2 nitrogen and oxygen atoms in total. The highest BCUT2D eigenvalue weighted by Gasteiger charge is 2.14. The lowest BCUT2D eigenvalue weighted by Crippen LogP contribution is -1.98. The number of hydrogen-bond donors (Lipinski definition) is 0. The Kier molecular flexibility index (Phi) is 4.47. The van der Waals surface area contributed by atoms with E-state index in [4.69, 9.17) is 11.6 Å². The molecule has 0 aromatic heterocycles. The largest absolute Gasteiger partial charge is 0.290 e. The Morgan fingerprint density at radius 2 is 1.42 bits per heavy atom. The van der Waals surface area contributed by atoms with Crippen molar-refractivity contribution >= 4 is 41.1 Å². The van der Waals surface area contributed by atoms with Gasteiger partial charge in [0.25, 0.3) is 0 Å². The molecule has 2 aromatic carbocycles. The smallest absolute Gasteiger partial charge is 0.178 e. The van der Waals surface area contributed by atoms with Crippen molar-refractivity contribution in [3.05, 3.63) is 58.6 Å². The Balaban J connectivity index is 2.72. The van der Waals surface area contributed by atoms with E-state index in [1.807, 2.05) is 12.1 Å². The lowest BCUT2D eigenvalue weighted by Gasteiger charge is -2.11. The molecule has 19 heavy (non-hydrogen) atoms. The zero-order chi connectivity index (χ0) is 14.0. The zero-order valence-corrected chi connectivity index (χ0v) is 13.0. The number of halogens is 1. The minimum atomic E-state index is -0.163. The first-order valence-electron chi connectivity index (χ1n) is 5.49. The van der Waals surface area contributed by atoms with Gasteiger partial charge in [-0.15, -0.1) is 0 Å². The lowest BCUT2D eigenvalue weighted by molar-refractivity contribution is 0.107. The Morgan fingerprint density at radius 3 is 2.05 bits per heavy atom. The van der Waals surface area contributed by atoms with Crippen LogP contribution in [-0.2, 0) is 0 Å².